The van der Waals surface area contributed by atoms with E-state index >= 15 is 0 Å². The second kappa shape index (κ2) is 11.8. The van der Waals surface area contributed by atoms with Gasteiger partial charge in [-0.2, -0.15) is 10.2 Å². The normalized spacial score (nSPS) is 14.6. The molecular weight excluding hydrogens is 486 g/mol. The molecule has 0 spiro atoms. The molecule has 0 bridgehead atoms. The van der Waals surface area contributed by atoms with Gasteiger partial charge in [-0.1, -0.05) is 19.3 Å². The standard InChI is InChI=1S/C18H23FN2O.C12H11FN2O/c1-12-10-15(19)8-9-17(12)21-11-16(13(2)20-21)18(22)14-6-4-3-5-7-14;1-8-5-11(13)3-4-12(8)15-6-10(7-16)9(2)14-15/h8-11,14,18,22H,3-7H2,1-2H3;3-7H,1-2H3. The van der Waals surface area contributed by atoms with Crippen LogP contribution in [0.25, 0.3) is 11.4 Å². The number of hydrogen-bond donors (Lipinski definition) is 1. The van der Waals surface area contributed by atoms with Crippen LogP contribution in [-0.4, -0.2) is 31.0 Å². The zero-order valence-electron chi connectivity index (χ0n) is 22.3. The zero-order valence-corrected chi connectivity index (χ0v) is 22.3. The maximum atomic E-state index is 13.2. The van der Waals surface area contributed by atoms with Crippen molar-refractivity contribution >= 4 is 6.29 Å². The first-order valence-electron chi connectivity index (χ1n) is 13.0. The minimum atomic E-state index is -0.449. The van der Waals surface area contributed by atoms with Crippen molar-refractivity contribution < 1.29 is 18.7 Å². The Bertz CT molecular complexity index is 1420. The number of nitrogens with zero attached hydrogens (tertiary/aromatic N) is 4. The van der Waals surface area contributed by atoms with Gasteiger partial charge in [0.1, 0.15) is 11.6 Å². The van der Waals surface area contributed by atoms with Crippen molar-refractivity contribution in [1.29, 1.82) is 0 Å². The highest BCUT2D eigenvalue weighted by Gasteiger charge is 2.26. The Balaban J connectivity index is 0.000000186. The summed E-state index contributed by atoms with van der Waals surface area (Å²) >= 11 is 0. The molecule has 1 unspecified atom stereocenters. The first-order valence-corrected chi connectivity index (χ1v) is 13.0. The monoisotopic (exact) mass is 520 g/mol. The summed E-state index contributed by atoms with van der Waals surface area (Å²) in [7, 11) is 0. The third kappa shape index (κ3) is 6.07. The van der Waals surface area contributed by atoms with Gasteiger partial charge in [0.25, 0.3) is 0 Å². The molecule has 2 heterocycles. The molecule has 2 aromatic heterocycles. The summed E-state index contributed by atoms with van der Waals surface area (Å²) in [6, 6.07) is 9.13. The first kappa shape index (κ1) is 27.4. The van der Waals surface area contributed by atoms with Crippen LogP contribution in [0.15, 0.2) is 48.8 Å². The Morgan fingerprint density at radius 1 is 0.842 bits per heavy atom. The van der Waals surface area contributed by atoms with E-state index < -0.39 is 6.10 Å². The van der Waals surface area contributed by atoms with Gasteiger partial charge in [-0.15, -0.1) is 0 Å². The molecule has 1 N–H and O–H groups in total. The third-order valence-electron chi connectivity index (χ3n) is 7.23. The number of carbonyl (C=O) groups is 1. The zero-order chi connectivity index (χ0) is 27.4. The van der Waals surface area contributed by atoms with E-state index in [2.05, 4.69) is 10.2 Å². The highest BCUT2D eigenvalue weighted by molar-refractivity contribution is 5.76. The molecule has 38 heavy (non-hydrogen) atoms. The van der Waals surface area contributed by atoms with Gasteiger partial charge in [-0.05, 0) is 94.0 Å². The number of benzene rings is 2. The molecule has 200 valence electrons. The maximum Gasteiger partial charge on any atom is 0.153 e. The molecule has 1 aliphatic carbocycles. The summed E-state index contributed by atoms with van der Waals surface area (Å²) in [5, 5.41) is 19.4. The van der Waals surface area contributed by atoms with Crippen LogP contribution in [0.5, 0.6) is 0 Å². The molecular formula is C30H34F2N4O2. The van der Waals surface area contributed by atoms with E-state index in [1.165, 1.54) is 43.5 Å². The maximum absolute atomic E-state index is 13.2. The number of hydrogen-bond acceptors (Lipinski definition) is 4. The molecule has 6 nitrogen and oxygen atoms in total. The minimum absolute atomic E-state index is 0.243. The van der Waals surface area contributed by atoms with Gasteiger partial charge in [0, 0.05) is 18.0 Å². The minimum Gasteiger partial charge on any atom is -0.388 e. The van der Waals surface area contributed by atoms with Crippen LogP contribution in [-0.2, 0) is 0 Å². The number of aliphatic hydroxyl groups excluding tert-OH is 1. The third-order valence-corrected chi connectivity index (χ3v) is 7.23. The van der Waals surface area contributed by atoms with E-state index in [1.54, 1.807) is 41.5 Å². The molecule has 0 radical (unpaired) electrons. The Kier molecular flexibility index (Phi) is 8.52. The van der Waals surface area contributed by atoms with Crippen molar-refractivity contribution in [3.8, 4) is 11.4 Å². The van der Waals surface area contributed by atoms with Crippen molar-refractivity contribution in [3.05, 3.63) is 94.1 Å². The van der Waals surface area contributed by atoms with E-state index in [9.17, 15) is 18.7 Å². The molecule has 1 aliphatic rings. The van der Waals surface area contributed by atoms with Gasteiger partial charge in [-0.25, -0.2) is 18.1 Å². The Hall–Kier alpha value is -3.65. The van der Waals surface area contributed by atoms with E-state index in [-0.39, 0.29) is 11.6 Å². The average molecular weight is 521 g/mol. The molecule has 2 aromatic carbocycles. The summed E-state index contributed by atoms with van der Waals surface area (Å²) in [5.41, 5.74) is 6.20. The molecule has 1 saturated carbocycles. The van der Waals surface area contributed by atoms with Crippen molar-refractivity contribution in [3.63, 3.8) is 0 Å². The fraction of sp³-hybridized carbons (Fsp3) is 0.367. The summed E-state index contributed by atoms with van der Waals surface area (Å²) < 4.78 is 29.5. The molecule has 0 aliphatic heterocycles. The van der Waals surface area contributed by atoms with Crippen LogP contribution in [0, 0.1) is 45.2 Å². The van der Waals surface area contributed by atoms with E-state index in [4.69, 9.17) is 0 Å². The van der Waals surface area contributed by atoms with E-state index in [1.807, 2.05) is 20.0 Å². The number of aryl methyl sites for hydroxylation is 4. The van der Waals surface area contributed by atoms with E-state index in [0.717, 1.165) is 52.9 Å². The van der Waals surface area contributed by atoms with Crippen molar-refractivity contribution in [2.45, 2.75) is 65.9 Å². The fourth-order valence-corrected chi connectivity index (χ4v) is 5.06. The van der Waals surface area contributed by atoms with Crippen LogP contribution in [0.4, 0.5) is 8.78 Å². The molecule has 1 atom stereocenters. The summed E-state index contributed by atoms with van der Waals surface area (Å²) in [4.78, 5) is 10.7. The predicted molar refractivity (Wildman–Crippen MR) is 143 cm³/mol. The van der Waals surface area contributed by atoms with Gasteiger partial charge in [0.15, 0.2) is 6.29 Å². The van der Waals surface area contributed by atoms with Crippen LogP contribution < -0.4 is 0 Å². The highest BCUT2D eigenvalue weighted by atomic mass is 19.1. The molecule has 4 aromatic rings. The van der Waals surface area contributed by atoms with Crippen molar-refractivity contribution in [2.75, 3.05) is 0 Å². The van der Waals surface area contributed by atoms with Crippen LogP contribution in [0.3, 0.4) is 0 Å². The fourth-order valence-electron chi connectivity index (χ4n) is 5.06. The lowest BCUT2D eigenvalue weighted by molar-refractivity contribution is 0.0843. The van der Waals surface area contributed by atoms with Gasteiger partial charge in [-0.3, -0.25) is 4.79 Å². The average Bonchev–Trinajstić information content (AvgIpc) is 3.46. The Morgan fingerprint density at radius 3 is 1.87 bits per heavy atom. The predicted octanol–water partition coefficient (Wildman–Crippen LogP) is 6.68. The van der Waals surface area contributed by atoms with Gasteiger partial charge >= 0.3 is 0 Å². The smallest absolute Gasteiger partial charge is 0.153 e. The van der Waals surface area contributed by atoms with Crippen LogP contribution in [0.1, 0.15) is 76.6 Å². The second-order valence-corrected chi connectivity index (χ2v) is 10.1. The topological polar surface area (TPSA) is 72.9 Å². The lowest BCUT2D eigenvalue weighted by Crippen LogP contribution is -2.16. The van der Waals surface area contributed by atoms with E-state index in [0.29, 0.717) is 17.2 Å². The lowest BCUT2D eigenvalue weighted by atomic mass is 9.83. The molecule has 8 heteroatoms. The van der Waals surface area contributed by atoms with Crippen molar-refractivity contribution in [1.82, 2.24) is 19.6 Å². The van der Waals surface area contributed by atoms with Crippen LogP contribution in [0.2, 0.25) is 0 Å². The van der Waals surface area contributed by atoms with Gasteiger partial charge in [0.2, 0.25) is 0 Å². The second-order valence-electron chi connectivity index (χ2n) is 10.1. The Labute approximate surface area is 221 Å². The molecule has 0 saturated heterocycles. The number of carbonyl (C=O) groups excluding carboxylic acids is 1. The van der Waals surface area contributed by atoms with Crippen LogP contribution >= 0.6 is 0 Å². The lowest BCUT2D eigenvalue weighted by Gasteiger charge is -2.26. The first-order chi connectivity index (χ1) is 18.2. The Morgan fingerprint density at radius 2 is 1.37 bits per heavy atom. The largest absolute Gasteiger partial charge is 0.388 e. The number of aldehydes is 1. The summed E-state index contributed by atoms with van der Waals surface area (Å²) in [5.74, 6) is -0.187. The number of aliphatic hydroxyl groups is 1. The number of rotatable bonds is 5. The summed E-state index contributed by atoms with van der Waals surface area (Å²) in [6.45, 7) is 7.36. The number of aromatic nitrogens is 4. The number of halogens is 2. The quantitative estimate of drug-likeness (QED) is 0.298. The molecule has 0 amide bonds. The molecule has 5 rings (SSSR count). The summed E-state index contributed by atoms with van der Waals surface area (Å²) in [6.07, 6.45) is 9.70. The van der Waals surface area contributed by atoms with Crippen molar-refractivity contribution in [2.24, 2.45) is 5.92 Å². The van der Waals surface area contributed by atoms with Gasteiger partial charge in [0.05, 0.1) is 34.4 Å². The van der Waals surface area contributed by atoms with Gasteiger partial charge < -0.3 is 5.11 Å². The SMILES string of the molecule is Cc1cc(F)ccc1-n1cc(C(O)C2CCCCC2)c(C)n1.Cc1cc(F)ccc1-n1cc(C=O)c(C)n1. The highest BCUT2D eigenvalue weighted by Crippen LogP contribution is 2.35. The molecule has 1 fully saturated rings.